The highest BCUT2D eigenvalue weighted by molar-refractivity contribution is 5.87. The molecule has 3 fully saturated rings. The molecule has 0 saturated heterocycles. The zero-order valence-corrected chi connectivity index (χ0v) is 27.1. The molecule has 4 nitrogen and oxygen atoms in total. The summed E-state index contributed by atoms with van der Waals surface area (Å²) in [7, 11) is 0. The van der Waals surface area contributed by atoms with Crippen molar-refractivity contribution in [2.75, 3.05) is 0 Å². The van der Waals surface area contributed by atoms with E-state index in [1.165, 1.54) is 31.2 Å². The van der Waals surface area contributed by atoms with Crippen LogP contribution in [0.25, 0.3) is 56.4 Å². The molecule has 232 valence electrons. The van der Waals surface area contributed by atoms with Crippen LogP contribution < -0.4 is 0 Å². The fraction of sp³-hybridized carbons (Fsp3) is 0.227. The average molecular weight is 621 g/mol. The van der Waals surface area contributed by atoms with Crippen molar-refractivity contribution in [1.29, 1.82) is 5.26 Å². The molecule has 5 aromatic carbocycles. The maximum atomic E-state index is 10.1. The van der Waals surface area contributed by atoms with Gasteiger partial charge < -0.3 is 0 Å². The lowest BCUT2D eigenvalue weighted by Gasteiger charge is -2.65. The van der Waals surface area contributed by atoms with Gasteiger partial charge in [-0.15, -0.1) is 0 Å². The van der Waals surface area contributed by atoms with Crippen LogP contribution in [0.15, 0.2) is 127 Å². The van der Waals surface area contributed by atoms with Crippen molar-refractivity contribution in [3.05, 3.63) is 139 Å². The molecular formula is C44H36N4. The van der Waals surface area contributed by atoms with Gasteiger partial charge in [0.1, 0.15) is 0 Å². The number of hydrogen-bond donors (Lipinski definition) is 0. The molecule has 5 atom stereocenters. The average Bonchev–Trinajstić information content (AvgIpc) is 3.13. The van der Waals surface area contributed by atoms with E-state index < -0.39 is 0 Å². The topological polar surface area (TPSA) is 62.5 Å². The third kappa shape index (κ3) is 4.85. The number of benzene rings is 5. The predicted octanol–water partition coefficient (Wildman–Crippen LogP) is 10.4. The summed E-state index contributed by atoms with van der Waals surface area (Å²) < 4.78 is 0. The highest BCUT2D eigenvalue weighted by Gasteiger charge is 2.59. The van der Waals surface area contributed by atoms with Gasteiger partial charge in [0.05, 0.1) is 11.6 Å². The second-order valence-electron chi connectivity index (χ2n) is 14.3. The molecule has 48 heavy (non-hydrogen) atoms. The highest BCUT2D eigenvalue weighted by Crippen LogP contribution is 2.67. The van der Waals surface area contributed by atoms with Gasteiger partial charge in [0.15, 0.2) is 17.5 Å². The van der Waals surface area contributed by atoms with E-state index in [-0.39, 0.29) is 5.41 Å². The number of nitriles is 1. The van der Waals surface area contributed by atoms with E-state index in [0.717, 1.165) is 62.6 Å². The summed E-state index contributed by atoms with van der Waals surface area (Å²) >= 11 is 0. The van der Waals surface area contributed by atoms with E-state index in [2.05, 4.69) is 61.5 Å². The molecule has 0 aliphatic heterocycles. The van der Waals surface area contributed by atoms with Gasteiger partial charge in [-0.1, -0.05) is 122 Å². The van der Waals surface area contributed by atoms with Crippen LogP contribution in [-0.2, 0) is 5.41 Å². The van der Waals surface area contributed by atoms with Crippen LogP contribution in [0.5, 0.6) is 0 Å². The standard InChI is InChI=1S/C44H36N4/c1-44(25-34-22-33-23-35(26-44)40(33)34)36-20-21-38(39(24-36)37-15-9-8-14-32(37)27-45)28-16-18-31(19-17-28)43-47-41(29-10-4-2-5-11-29)46-42(48-43)30-12-6-3-7-13-30/h2-21,24,33-35,40H,22-23,25-26H2,1H3/t33?,34-,35+,40?,44?. The Balaban J connectivity index is 1.12. The van der Waals surface area contributed by atoms with Gasteiger partial charge in [0.2, 0.25) is 0 Å². The first-order valence-corrected chi connectivity index (χ1v) is 17.2. The molecule has 0 N–H and O–H groups in total. The Morgan fingerprint density at radius 2 is 1.06 bits per heavy atom. The van der Waals surface area contributed by atoms with Gasteiger partial charge in [0.25, 0.3) is 0 Å². The smallest absolute Gasteiger partial charge is 0.164 e. The Labute approximate surface area is 282 Å². The summed E-state index contributed by atoms with van der Waals surface area (Å²) in [6.07, 6.45) is 5.40. The minimum Gasteiger partial charge on any atom is -0.208 e. The Bertz CT molecular complexity index is 2110. The molecule has 4 heteroatoms. The molecule has 3 unspecified atom stereocenters. The Hall–Kier alpha value is -5.40. The minimum absolute atomic E-state index is 0.168. The SMILES string of the molecule is CC1(c2ccc(-c3ccc(-c4nc(-c5ccccc5)nc(-c5ccccc5)n4)cc3)c(-c3ccccc3C#N)c2)C[C@H]2CC3C[C@@H](C1)C32. The summed E-state index contributed by atoms with van der Waals surface area (Å²) in [5, 5.41) is 10.1. The lowest BCUT2D eigenvalue weighted by atomic mass is 9.39. The molecule has 6 aromatic rings. The van der Waals surface area contributed by atoms with Crippen LogP contribution in [0.2, 0.25) is 0 Å². The van der Waals surface area contributed by atoms with Gasteiger partial charge in [-0.3, -0.25) is 0 Å². The zero-order chi connectivity index (χ0) is 32.2. The Kier molecular flexibility index (Phi) is 6.83. The molecule has 0 amide bonds. The zero-order valence-electron chi connectivity index (χ0n) is 27.1. The summed E-state index contributed by atoms with van der Waals surface area (Å²) in [6.45, 7) is 2.49. The summed E-state index contributed by atoms with van der Waals surface area (Å²) in [5.41, 5.74) is 9.45. The highest BCUT2D eigenvalue weighted by atomic mass is 15.0. The molecule has 1 heterocycles. The van der Waals surface area contributed by atoms with Crippen molar-refractivity contribution in [1.82, 2.24) is 15.0 Å². The first-order valence-electron chi connectivity index (χ1n) is 17.2. The van der Waals surface area contributed by atoms with Crippen LogP contribution in [0, 0.1) is 35.0 Å². The number of rotatable bonds is 6. The first kappa shape index (κ1) is 28.8. The van der Waals surface area contributed by atoms with Crippen molar-refractivity contribution < 1.29 is 0 Å². The lowest BCUT2D eigenvalue weighted by molar-refractivity contribution is -0.141. The summed E-state index contributed by atoms with van der Waals surface area (Å²) in [4.78, 5) is 14.7. The lowest BCUT2D eigenvalue weighted by Crippen LogP contribution is -2.58. The van der Waals surface area contributed by atoms with E-state index >= 15 is 0 Å². The maximum absolute atomic E-state index is 10.1. The van der Waals surface area contributed by atoms with Crippen molar-refractivity contribution in [2.45, 2.75) is 38.0 Å². The number of aromatic nitrogens is 3. The van der Waals surface area contributed by atoms with E-state index in [0.29, 0.717) is 23.0 Å². The fourth-order valence-electron chi connectivity index (χ4n) is 9.13. The molecule has 0 spiro atoms. The summed E-state index contributed by atoms with van der Waals surface area (Å²) in [6, 6.07) is 46.2. The van der Waals surface area contributed by atoms with Crippen LogP contribution in [0.1, 0.15) is 43.7 Å². The maximum Gasteiger partial charge on any atom is 0.164 e. The molecule has 0 bridgehead atoms. The third-order valence-electron chi connectivity index (χ3n) is 11.5. The van der Waals surface area contributed by atoms with Crippen LogP contribution in [0.3, 0.4) is 0 Å². The number of nitrogens with zero attached hydrogens (tertiary/aromatic N) is 4. The third-order valence-corrected chi connectivity index (χ3v) is 11.5. The monoisotopic (exact) mass is 620 g/mol. The molecule has 3 aliphatic rings. The molecule has 0 radical (unpaired) electrons. The second kappa shape index (κ2) is 11.4. The molecular weight excluding hydrogens is 585 g/mol. The van der Waals surface area contributed by atoms with Gasteiger partial charge in [-0.05, 0) is 89.2 Å². The predicted molar refractivity (Wildman–Crippen MR) is 192 cm³/mol. The van der Waals surface area contributed by atoms with E-state index in [1.54, 1.807) is 0 Å². The van der Waals surface area contributed by atoms with Crippen molar-refractivity contribution in [3.63, 3.8) is 0 Å². The van der Waals surface area contributed by atoms with Gasteiger partial charge >= 0.3 is 0 Å². The second-order valence-corrected chi connectivity index (χ2v) is 14.3. The molecule has 1 aromatic heterocycles. The molecule has 9 rings (SSSR count). The Morgan fingerprint density at radius 3 is 1.62 bits per heavy atom. The van der Waals surface area contributed by atoms with Gasteiger partial charge in [-0.25, -0.2) is 15.0 Å². The van der Waals surface area contributed by atoms with E-state index in [1.807, 2.05) is 78.9 Å². The van der Waals surface area contributed by atoms with Crippen LogP contribution >= 0.6 is 0 Å². The van der Waals surface area contributed by atoms with E-state index in [9.17, 15) is 5.26 Å². The van der Waals surface area contributed by atoms with Gasteiger partial charge in [-0.2, -0.15) is 5.26 Å². The number of hydrogen-bond acceptors (Lipinski definition) is 4. The summed E-state index contributed by atoms with van der Waals surface area (Å²) in [5.74, 6) is 5.71. The normalized spacial score (nSPS) is 23.7. The minimum atomic E-state index is 0.168. The molecule has 3 saturated carbocycles. The largest absolute Gasteiger partial charge is 0.208 e. The molecule has 3 aliphatic carbocycles. The van der Waals surface area contributed by atoms with Crippen LogP contribution in [0.4, 0.5) is 0 Å². The van der Waals surface area contributed by atoms with Crippen LogP contribution in [-0.4, -0.2) is 15.0 Å². The Morgan fingerprint density at radius 1 is 0.542 bits per heavy atom. The van der Waals surface area contributed by atoms with Crippen molar-refractivity contribution >= 4 is 0 Å². The first-order chi connectivity index (χ1) is 23.6. The van der Waals surface area contributed by atoms with Crippen molar-refractivity contribution in [2.24, 2.45) is 23.7 Å². The van der Waals surface area contributed by atoms with E-state index in [4.69, 9.17) is 15.0 Å². The fourth-order valence-corrected chi connectivity index (χ4v) is 9.13. The van der Waals surface area contributed by atoms with Crippen molar-refractivity contribution in [3.8, 4) is 62.5 Å². The van der Waals surface area contributed by atoms with Gasteiger partial charge in [0, 0.05) is 22.3 Å². The quantitative estimate of drug-likeness (QED) is 0.186.